The first-order valence-corrected chi connectivity index (χ1v) is 10.3. The zero-order valence-corrected chi connectivity index (χ0v) is 17.2. The summed E-state index contributed by atoms with van der Waals surface area (Å²) in [5.74, 6) is -6.51. The number of likely N-dealkylation sites (tertiary alicyclic amines) is 1. The van der Waals surface area contributed by atoms with E-state index in [2.05, 4.69) is 15.6 Å². The van der Waals surface area contributed by atoms with Crippen LogP contribution in [0, 0.1) is 11.6 Å². The number of nitrogens with zero attached hydrogens (tertiary/aromatic N) is 2. The molecule has 3 amide bonds. The first-order valence-electron chi connectivity index (χ1n) is 10.3. The second-order valence-electron chi connectivity index (χ2n) is 8.13. The smallest absolute Gasteiger partial charge is 0.252 e. The molecule has 1 saturated carbocycles. The van der Waals surface area contributed by atoms with Gasteiger partial charge in [-0.1, -0.05) is 18.2 Å². The van der Waals surface area contributed by atoms with Crippen molar-refractivity contribution >= 4 is 23.4 Å². The SMILES string of the molecule is O=C(Nc1cncc(F)c1)C1CCC(=O)N1[C@H](C(=O)NC1CC(F)(F)C1)c1ccccc1F. The van der Waals surface area contributed by atoms with Gasteiger partial charge in [0, 0.05) is 36.9 Å². The summed E-state index contributed by atoms with van der Waals surface area (Å²) in [5.41, 5.74) is -0.121. The van der Waals surface area contributed by atoms with Crippen molar-refractivity contribution in [3.05, 3.63) is 59.9 Å². The van der Waals surface area contributed by atoms with Crippen LogP contribution >= 0.6 is 0 Å². The van der Waals surface area contributed by atoms with E-state index in [0.717, 1.165) is 23.2 Å². The van der Waals surface area contributed by atoms with Gasteiger partial charge >= 0.3 is 0 Å². The number of alkyl halides is 2. The Bertz CT molecular complexity index is 1090. The zero-order valence-electron chi connectivity index (χ0n) is 17.2. The molecule has 0 bridgehead atoms. The number of rotatable bonds is 6. The number of aromatic nitrogens is 1. The molecule has 1 aliphatic heterocycles. The lowest BCUT2D eigenvalue weighted by molar-refractivity contribution is -0.145. The summed E-state index contributed by atoms with van der Waals surface area (Å²) in [6.07, 6.45) is 0.982. The predicted molar refractivity (Wildman–Crippen MR) is 108 cm³/mol. The van der Waals surface area contributed by atoms with Crippen molar-refractivity contribution in [2.45, 2.75) is 49.7 Å². The average Bonchev–Trinajstić information content (AvgIpc) is 3.10. The molecule has 1 unspecified atom stereocenters. The predicted octanol–water partition coefficient (Wildman–Crippen LogP) is 2.94. The molecule has 0 spiro atoms. The Morgan fingerprint density at radius 2 is 1.88 bits per heavy atom. The summed E-state index contributed by atoms with van der Waals surface area (Å²) in [7, 11) is 0. The maximum atomic E-state index is 14.7. The minimum Gasteiger partial charge on any atom is -0.351 e. The van der Waals surface area contributed by atoms with Crippen LogP contribution < -0.4 is 10.6 Å². The van der Waals surface area contributed by atoms with Crippen molar-refractivity contribution in [2.24, 2.45) is 0 Å². The van der Waals surface area contributed by atoms with Gasteiger partial charge in [0.2, 0.25) is 17.7 Å². The fraction of sp³-hybridized carbons (Fsp3) is 0.364. The van der Waals surface area contributed by atoms with Gasteiger partial charge in [0.25, 0.3) is 5.92 Å². The summed E-state index contributed by atoms with van der Waals surface area (Å²) in [6.45, 7) is 0. The second-order valence-corrected chi connectivity index (χ2v) is 8.13. The molecule has 2 heterocycles. The molecule has 7 nitrogen and oxygen atoms in total. The third-order valence-electron chi connectivity index (χ3n) is 5.69. The molecule has 0 radical (unpaired) electrons. The van der Waals surface area contributed by atoms with E-state index in [-0.39, 0.29) is 24.1 Å². The highest BCUT2D eigenvalue weighted by Gasteiger charge is 2.49. The Labute approximate surface area is 186 Å². The highest BCUT2D eigenvalue weighted by Crippen LogP contribution is 2.39. The minimum atomic E-state index is -2.89. The molecule has 1 saturated heterocycles. The summed E-state index contributed by atoms with van der Waals surface area (Å²) < 4.78 is 54.6. The highest BCUT2D eigenvalue weighted by atomic mass is 19.3. The number of nitrogens with one attached hydrogen (secondary N) is 2. The molecule has 2 aliphatic rings. The van der Waals surface area contributed by atoms with Gasteiger partial charge in [-0.05, 0) is 12.5 Å². The highest BCUT2D eigenvalue weighted by molar-refractivity contribution is 6.01. The number of hydrogen-bond acceptors (Lipinski definition) is 4. The first kappa shape index (κ1) is 22.7. The number of halogens is 4. The van der Waals surface area contributed by atoms with Gasteiger partial charge in [-0.2, -0.15) is 0 Å². The normalized spacial score (nSPS) is 20.8. The van der Waals surface area contributed by atoms with Gasteiger partial charge in [-0.25, -0.2) is 17.6 Å². The maximum Gasteiger partial charge on any atom is 0.252 e. The average molecular weight is 464 g/mol. The Balaban J connectivity index is 1.62. The molecule has 1 aliphatic carbocycles. The van der Waals surface area contributed by atoms with Gasteiger partial charge in [0.05, 0.1) is 18.1 Å². The maximum absolute atomic E-state index is 14.7. The van der Waals surface area contributed by atoms with Crippen LogP contribution in [0.15, 0.2) is 42.7 Å². The van der Waals surface area contributed by atoms with E-state index >= 15 is 0 Å². The van der Waals surface area contributed by atoms with Crippen molar-refractivity contribution in [3.63, 3.8) is 0 Å². The van der Waals surface area contributed by atoms with E-state index < -0.39 is 66.2 Å². The van der Waals surface area contributed by atoms with E-state index in [9.17, 15) is 31.9 Å². The summed E-state index contributed by atoms with van der Waals surface area (Å²) in [6, 6.07) is 2.75. The van der Waals surface area contributed by atoms with Gasteiger partial charge in [-0.3, -0.25) is 19.4 Å². The molecular formula is C22H20F4N4O3. The van der Waals surface area contributed by atoms with Crippen molar-refractivity contribution in [1.29, 1.82) is 0 Å². The van der Waals surface area contributed by atoms with Crippen LogP contribution in [0.3, 0.4) is 0 Å². The zero-order chi connectivity index (χ0) is 23.8. The summed E-state index contributed by atoms with van der Waals surface area (Å²) >= 11 is 0. The lowest BCUT2D eigenvalue weighted by Crippen LogP contribution is -2.55. The van der Waals surface area contributed by atoms with E-state index in [1.807, 2.05) is 0 Å². The van der Waals surface area contributed by atoms with E-state index in [4.69, 9.17) is 0 Å². The molecule has 174 valence electrons. The van der Waals surface area contributed by atoms with E-state index in [1.165, 1.54) is 24.4 Å². The molecular weight excluding hydrogens is 444 g/mol. The molecule has 2 N–H and O–H groups in total. The van der Waals surface area contributed by atoms with Crippen LogP contribution in [0.5, 0.6) is 0 Å². The van der Waals surface area contributed by atoms with Crippen LogP contribution in [-0.4, -0.2) is 45.6 Å². The molecule has 1 aromatic heterocycles. The van der Waals surface area contributed by atoms with Crippen molar-refractivity contribution in [3.8, 4) is 0 Å². The molecule has 11 heteroatoms. The lowest BCUT2D eigenvalue weighted by atomic mass is 9.87. The fourth-order valence-electron chi connectivity index (χ4n) is 4.15. The van der Waals surface area contributed by atoms with E-state index in [0.29, 0.717) is 0 Å². The van der Waals surface area contributed by atoms with Gasteiger partial charge in [-0.15, -0.1) is 0 Å². The molecule has 2 fully saturated rings. The Hall–Kier alpha value is -3.50. The molecule has 4 rings (SSSR count). The third-order valence-corrected chi connectivity index (χ3v) is 5.69. The van der Waals surface area contributed by atoms with E-state index in [1.54, 1.807) is 0 Å². The lowest BCUT2D eigenvalue weighted by Gasteiger charge is -2.38. The van der Waals surface area contributed by atoms with Crippen LogP contribution in [0.2, 0.25) is 0 Å². The number of pyridine rings is 1. The number of benzene rings is 1. The Morgan fingerprint density at radius 3 is 2.55 bits per heavy atom. The monoisotopic (exact) mass is 464 g/mol. The van der Waals surface area contributed by atoms with Crippen LogP contribution in [0.1, 0.15) is 37.3 Å². The molecule has 2 atom stereocenters. The number of carbonyl (C=O) groups excluding carboxylic acids is 3. The second kappa shape index (κ2) is 8.80. The number of amides is 3. The molecule has 2 aromatic rings. The van der Waals surface area contributed by atoms with Gasteiger partial charge in [0.1, 0.15) is 23.7 Å². The van der Waals surface area contributed by atoms with Gasteiger partial charge in [0.15, 0.2) is 0 Å². The van der Waals surface area contributed by atoms with Crippen LogP contribution in [0.4, 0.5) is 23.2 Å². The van der Waals surface area contributed by atoms with Crippen molar-refractivity contribution < 1.29 is 31.9 Å². The number of hydrogen-bond donors (Lipinski definition) is 2. The first-order chi connectivity index (χ1) is 15.6. The number of carbonyl (C=O) groups is 3. The third kappa shape index (κ3) is 4.81. The minimum absolute atomic E-state index is 0.0349. The number of anilines is 1. The summed E-state index contributed by atoms with van der Waals surface area (Å²) in [5, 5.41) is 4.89. The van der Waals surface area contributed by atoms with Crippen molar-refractivity contribution in [2.75, 3.05) is 5.32 Å². The van der Waals surface area contributed by atoms with Crippen LogP contribution in [-0.2, 0) is 14.4 Å². The largest absolute Gasteiger partial charge is 0.351 e. The fourth-order valence-corrected chi connectivity index (χ4v) is 4.15. The Kier molecular flexibility index (Phi) is 6.05. The molecule has 33 heavy (non-hydrogen) atoms. The standard InChI is InChI=1S/C22H20F4N4O3/c23-12-7-13(11-27-10-12)28-20(32)17-5-6-18(31)30(17)19(15-3-1-2-4-16(15)24)21(33)29-14-8-22(25,26)9-14/h1-4,7,10-11,14,17,19H,5-6,8-9H2,(H,28,32)(H,29,33)/t17?,19-/m0/s1. The van der Waals surface area contributed by atoms with Crippen molar-refractivity contribution in [1.82, 2.24) is 15.2 Å². The van der Waals surface area contributed by atoms with Crippen LogP contribution in [0.25, 0.3) is 0 Å². The molecule has 1 aromatic carbocycles. The topological polar surface area (TPSA) is 91.4 Å². The Morgan fingerprint density at radius 1 is 1.15 bits per heavy atom. The van der Waals surface area contributed by atoms with Gasteiger partial charge < -0.3 is 15.5 Å². The summed E-state index contributed by atoms with van der Waals surface area (Å²) in [4.78, 5) is 43.4. The quantitative estimate of drug-likeness (QED) is 0.644.